The standard InChI is InChI=1S/C23H26N4O2/c1-15-9-19(17-8-6-7-16(10-17)14-29-5)25-20-13-26(22(28)21(15)20)18-11-24-27(12-18)23(2,3)4/h6-12H,13-14H2,1-5H3. The molecule has 0 fully saturated rings. The number of rotatable bonds is 4. The summed E-state index contributed by atoms with van der Waals surface area (Å²) in [6.07, 6.45) is 3.67. The van der Waals surface area contributed by atoms with Gasteiger partial charge in [-0.3, -0.25) is 19.4 Å². The Hall–Kier alpha value is -2.99. The van der Waals surface area contributed by atoms with Crippen molar-refractivity contribution < 1.29 is 9.53 Å². The number of carbonyl (C=O) groups excluding carboxylic acids is 1. The topological polar surface area (TPSA) is 60.2 Å². The number of aryl methyl sites for hydroxylation is 1. The number of aromatic nitrogens is 3. The van der Waals surface area contributed by atoms with Crippen molar-refractivity contribution in [1.82, 2.24) is 14.8 Å². The lowest BCUT2D eigenvalue weighted by Gasteiger charge is -2.19. The molecule has 0 spiro atoms. The molecule has 1 amide bonds. The minimum atomic E-state index is -0.136. The zero-order valence-electron chi connectivity index (χ0n) is 17.6. The highest BCUT2D eigenvalue weighted by Gasteiger charge is 2.33. The molecule has 1 aliphatic rings. The molecule has 0 radical (unpaired) electrons. The van der Waals surface area contributed by atoms with Crippen LogP contribution in [0.5, 0.6) is 0 Å². The third-order valence-corrected chi connectivity index (χ3v) is 5.16. The smallest absolute Gasteiger partial charge is 0.260 e. The maximum atomic E-state index is 13.1. The zero-order valence-corrected chi connectivity index (χ0v) is 17.6. The van der Waals surface area contributed by atoms with Crippen LogP contribution >= 0.6 is 0 Å². The molecule has 2 aromatic heterocycles. The number of nitrogens with zero attached hydrogens (tertiary/aromatic N) is 4. The summed E-state index contributed by atoms with van der Waals surface area (Å²) in [6, 6.07) is 10.1. The molecular weight excluding hydrogens is 364 g/mol. The van der Waals surface area contributed by atoms with Crippen LogP contribution in [-0.2, 0) is 23.4 Å². The van der Waals surface area contributed by atoms with Crippen molar-refractivity contribution in [1.29, 1.82) is 0 Å². The number of fused-ring (bicyclic) bond motifs is 1. The van der Waals surface area contributed by atoms with E-state index in [1.54, 1.807) is 18.2 Å². The van der Waals surface area contributed by atoms with Gasteiger partial charge in [0, 0.05) is 18.9 Å². The second kappa shape index (κ2) is 7.12. The summed E-state index contributed by atoms with van der Waals surface area (Å²) >= 11 is 0. The first-order valence-corrected chi connectivity index (χ1v) is 9.73. The van der Waals surface area contributed by atoms with E-state index in [1.165, 1.54) is 0 Å². The Morgan fingerprint density at radius 1 is 1.21 bits per heavy atom. The molecule has 3 aromatic rings. The Morgan fingerprint density at radius 2 is 2.00 bits per heavy atom. The summed E-state index contributed by atoms with van der Waals surface area (Å²) in [5.41, 5.74) is 6.11. The summed E-state index contributed by atoms with van der Waals surface area (Å²) < 4.78 is 7.12. The van der Waals surface area contributed by atoms with Gasteiger partial charge in [0.1, 0.15) is 0 Å². The first-order valence-electron chi connectivity index (χ1n) is 9.73. The Bertz CT molecular complexity index is 1080. The van der Waals surface area contributed by atoms with Crippen LogP contribution in [0.25, 0.3) is 11.3 Å². The third kappa shape index (κ3) is 3.56. The molecule has 150 valence electrons. The minimum absolute atomic E-state index is 0.0156. The van der Waals surface area contributed by atoms with Crippen LogP contribution in [0.2, 0.25) is 0 Å². The number of amides is 1. The average molecular weight is 390 g/mol. The fourth-order valence-corrected chi connectivity index (χ4v) is 3.66. The van der Waals surface area contributed by atoms with Crippen molar-refractivity contribution in [3.8, 4) is 11.3 Å². The summed E-state index contributed by atoms with van der Waals surface area (Å²) in [5, 5.41) is 4.43. The second-order valence-corrected chi connectivity index (χ2v) is 8.48. The number of hydrogen-bond donors (Lipinski definition) is 0. The van der Waals surface area contributed by atoms with E-state index in [1.807, 2.05) is 42.1 Å². The molecule has 3 heterocycles. The highest BCUT2D eigenvalue weighted by atomic mass is 16.5. The Balaban J connectivity index is 1.68. The fourth-order valence-electron chi connectivity index (χ4n) is 3.66. The number of methoxy groups -OCH3 is 1. The van der Waals surface area contributed by atoms with Crippen LogP contribution in [0.15, 0.2) is 42.7 Å². The Morgan fingerprint density at radius 3 is 2.69 bits per heavy atom. The number of ether oxygens (including phenoxy) is 1. The lowest BCUT2D eigenvalue weighted by atomic mass is 10.0. The van der Waals surface area contributed by atoms with E-state index in [0.29, 0.717) is 18.7 Å². The molecule has 0 atom stereocenters. The van der Waals surface area contributed by atoms with Crippen molar-refractivity contribution in [3.63, 3.8) is 0 Å². The lowest BCUT2D eigenvalue weighted by Crippen LogP contribution is -2.24. The fraction of sp³-hybridized carbons (Fsp3) is 0.348. The highest BCUT2D eigenvalue weighted by molar-refractivity contribution is 6.10. The van der Waals surface area contributed by atoms with Crippen LogP contribution < -0.4 is 4.90 Å². The van der Waals surface area contributed by atoms with Crippen molar-refractivity contribution in [3.05, 3.63) is 65.1 Å². The van der Waals surface area contributed by atoms with Gasteiger partial charge in [-0.1, -0.05) is 18.2 Å². The van der Waals surface area contributed by atoms with Gasteiger partial charge < -0.3 is 4.74 Å². The molecule has 1 aliphatic heterocycles. The van der Waals surface area contributed by atoms with Crippen LogP contribution in [0, 0.1) is 6.92 Å². The second-order valence-electron chi connectivity index (χ2n) is 8.48. The third-order valence-electron chi connectivity index (χ3n) is 5.16. The summed E-state index contributed by atoms with van der Waals surface area (Å²) in [6.45, 7) is 9.24. The highest BCUT2D eigenvalue weighted by Crippen LogP contribution is 2.32. The largest absolute Gasteiger partial charge is 0.380 e. The maximum Gasteiger partial charge on any atom is 0.260 e. The predicted octanol–water partition coefficient (Wildman–Crippen LogP) is 4.32. The van der Waals surface area contributed by atoms with E-state index in [9.17, 15) is 4.79 Å². The molecule has 0 unspecified atom stereocenters. The Kier molecular flexibility index (Phi) is 4.74. The van der Waals surface area contributed by atoms with Crippen molar-refractivity contribution >= 4 is 11.6 Å². The average Bonchev–Trinajstić information content (AvgIpc) is 3.27. The predicted molar refractivity (Wildman–Crippen MR) is 113 cm³/mol. The normalized spacial score (nSPS) is 13.8. The van der Waals surface area contributed by atoms with E-state index in [-0.39, 0.29) is 11.4 Å². The molecule has 0 N–H and O–H groups in total. The van der Waals surface area contributed by atoms with Gasteiger partial charge in [0.2, 0.25) is 0 Å². The minimum Gasteiger partial charge on any atom is -0.380 e. The molecule has 6 heteroatoms. The summed E-state index contributed by atoms with van der Waals surface area (Å²) in [4.78, 5) is 19.7. The van der Waals surface area contributed by atoms with Gasteiger partial charge in [-0.15, -0.1) is 0 Å². The zero-order chi connectivity index (χ0) is 20.8. The molecule has 0 saturated heterocycles. The van der Waals surface area contributed by atoms with Gasteiger partial charge in [-0.05, 0) is 51.0 Å². The van der Waals surface area contributed by atoms with Gasteiger partial charge in [-0.25, -0.2) is 0 Å². The summed E-state index contributed by atoms with van der Waals surface area (Å²) in [7, 11) is 1.69. The van der Waals surface area contributed by atoms with Crippen molar-refractivity contribution in [2.24, 2.45) is 0 Å². The van der Waals surface area contributed by atoms with Gasteiger partial charge >= 0.3 is 0 Å². The molecular formula is C23H26N4O2. The first-order chi connectivity index (χ1) is 13.8. The SMILES string of the molecule is COCc1cccc(-c2cc(C)c3c(n2)CN(c2cnn(C(C)(C)C)c2)C3=O)c1. The van der Waals surface area contributed by atoms with Crippen molar-refractivity contribution in [2.45, 2.75) is 46.4 Å². The van der Waals surface area contributed by atoms with Crippen LogP contribution in [0.1, 0.15) is 48.0 Å². The monoisotopic (exact) mass is 390 g/mol. The maximum absolute atomic E-state index is 13.1. The molecule has 1 aromatic carbocycles. The number of anilines is 1. The van der Waals surface area contributed by atoms with E-state index in [0.717, 1.165) is 33.8 Å². The lowest BCUT2D eigenvalue weighted by molar-refractivity contribution is 0.0996. The molecule has 0 aliphatic carbocycles. The van der Waals surface area contributed by atoms with Crippen LogP contribution in [-0.4, -0.2) is 27.8 Å². The van der Waals surface area contributed by atoms with E-state index in [2.05, 4.69) is 31.9 Å². The van der Waals surface area contributed by atoms with Crippen molar-refractivity contribution in [2.75, 3.05) is 12.0 Å². The molecule has 6 nitrogen and oxygen atoms in total. The van der Waals surface area contributed by atoms with Gasteiger partial charge in [0.25, 0.3) is 5.91 Å². The Labute approximate surface area is 171 Å². The molecule has 0 bridgehead atoms. The van der Waals surface area contributed by atoms with E-state index >= 15 is 0 Å². The van der Waals surface area contributed by atoms with E-state index < -0.39 is 0 Å². The van der Waals surface area contributed by atoms with Gasteiger partial charge in [-0.2, -0.15) is 5.10 Å². The van der Waals surface area contributed by atoms with Gasteiger partial charge in [0.15, 0.2) is 0 Å². The molecule has 0 saturated carbocycles. The number of carbonyl (C=O) groups is 1. The quantitative estimate of drug-likeness (QED) is 0.666. The number of benzene rings is 1. The molecule has 4 rings (SSSR count). The van der Waals surface area contributed by atoms with Gasteiger partial charge in [0.05, 0.1) is 47.5 Å². The van der Waals surface area contributed by atoms with E-state index in [4.69, 9.17) is 9.72 Å². The number of pyridine rings is 1. The summed E-state index contributed by atoms with van der Waals surface area (Å²) in [5.74, 6) is -0.0156. The number of hydrogen-bond acceptors (Lipinski definition) is 4. The van der Waals surface area contributed by atoms with Crippen LogP contribution in [0.3, 0.4) is 0 Å². The van der Waals surface area contributed by atoms with Crippen LogP contribution in [0.4, 0.5) is 5.69 Å². The molecule has 29 heavy (non-hydrogen) atoms. The first kappa shape index (κ1) is 19.3.